The number of nitrogens with zero attached hydrogens (tertiary/aromatic N) is 2. The number of nitrogen functional groups attached to an aromatic ring is 1. The summed E-state index contributed by atoms with van der Waals surface area (Å²) in [7, 11) is 1.03. The van der Waals surface area contributed by atoms with E-state index in [0.717, 1.165) is 30.4 Å². The molecule has 2 aliphatic rings. The minimum Gasteiger partial charge on any atom is -0.493 e. The maximum atomic E-state index is 13.9. The third kappa shape index (κ3) is 12.2. The van der Waals surface area contributed by atoms with E-state index in [-0.39, 0.29) is 40.2 Å². The molecule has 2 aromatic carbocycles. The normalized spacial score (nSPS) is 17.3. The first-order chi connectivity index (χ1) is 27.6. The van der Waals surface area contributed by atoms with Gasteiger partial charge in [0.05, 0.1) is 56.9 Å². The highest BCUT2D eigenvalue weighted by molar-refractivity contribution is 6.74. The van der Waals surface area contributed by atoms with Gasteiger partial charge in [0.25, 0.3) is 11.8 Å². The molecule has 59 heavy (non-hydrogen) atoms. The fraction of sp³-hybridized carbons (Fsp3) is 0.578. The van der Waals surface area contributed by atoms with Crippen LogP contribution in [0.4, 0.5) is 16.2 Å². The molecule has 0 aromatic heterocycles. The topological polar surface area (TPSA) is 151 Å². The zero-order valence-corrected chi connectivity index (χ0v) is 38.3. The number of carbonyl (C=O) groups is 3. The molecule has 0 saturated carbocycles. The number of ether oxygens (including phenoxy) is 5. The number of hydrogen-bond acceptors (Lipinski definition) is 10. The number of amides is 3. The van der Waals surface area contributed by atoms with Crippen molar-refractivity contribution in [2.24, 2.45) is 0 Å². The van der Waals surface area contributed by atoms with Gasteiger partial charge < -0.3 is 43.6 Å². The number of likely N-dealkylation sites (tertiary alicyclic amines) is 2. The van der Waals surface area contributed by atoms with Crippen LogP contribution in [-0.2, 0) is 9.16 Å². The highest BCUT2D eigenvalue weighted by Gasteiger charge is 2.40. The first-order valence-corrected chi connectivity index (χ1v) is 23.5. The molecule has 0 unspecified atom stereocenters. The predicted octanol–water partition coefficient (Wildman–Crippen LogP) is 9.23. The number of rotatable bonds is 17. The predicted molar refractivity (Wildman–Crippen MR) is 236 cm³/mol. The highest BCUT2D eigenvalue weighted by atomic mass is 28.4. The lowest BCUT2D eigenvalue weighted by molar-refractivity contribution is 0.0634. The Morgan fingerprint density at radius 2 is 1.29 bits per heavy atom. The van der Waals surface area contributed by atoms with E-state index in [1.165, 1.54) is 14.2 Å². The van der Waals surface area contributed by atoms with Crippen LogP contribution in [0.3, 0.4) is 0 Å². The summed E-state index contributed by atoms with van der Waals surface area (Å²) >= 11 is 0. The van der Waals surface area contributed by atoms with Gasteiger partial charge in [-0.15, -0.1) is 0 Å². The third-order valence-electron chi connectivity index (χ3n) is 11.2. The first-order valence-electron chi connectivity index (χ1n) is 20.6. The van der Waals surface area contributed by atoms with Crippen LogP contribution in [0.15, 0.2) is 48.6 Å². The van der Waals surface area contributed by atoms with Crippen LogP contribution in [0, 0.1) is 0 Å². The van der Waals surface area contributed by atoms with Gasteiger partial charge in [-0.3, -0.25) is 14.9 Å². The molecule has 4 rings (SSSR count). The van der Waals surface area contributed by atoms with E-state index in [9.17, 15) is 14.4 Å². The number of nitrogens with one attached hydrogen (secondary N) is 1. The Balaban J connectivity index is 1.36. The van der Waals surface area contributed by atoms with Gasteiger partial charge in [0, 0.05) is 37.0 Å². The summed E-state index contributed by atoms with van der Waals surface area (Å²) < 4.78 is 35.5. The van der Waals surface area contributed by atoms with Gasteiger partial charge in [0.2, 0.25) is 0 Å². The van der Waals surface area contributed by atoms with Crippen LogP contribution in [-0.4, -0.2) is 101 Å². The molecular formula is C45H68N4O9Si. The molecule has 0 radical (unpaired) electrons. The zero-order chi connectivity index (χ0) is 43.9. The lowest BCUT2D eigenvalue weighted by Crippen LogP contribution is -2.46. The van der Waals surface area contributed by atoms with Gasteiger partial charge in [-0.2, -0.15) is 0 Å². The van der Waals surface area contributed by atoms with Crippen molar-refractivity contribution in [2.75, 3.05) is 58.2 Å². The minimum atomic E-state index is -2.01. The second-order valence-electron chi connectivity index (χ2n) is 18.1. The van der Waals surface area contributed by atoms with E-state index in [4.69, 9.17) is 33.8 Å². The van der Waals surface area contributed by atoms with Crippen LogP contribution < -0.4 is 30.0 Å². The summed E-state index contributed by atoms with van der Waals surface area (Å²) in [5, 5.41) is 2.82. The molecule has 2 aromatic rings. The maximum absolute atomic E-state index is 13.9. The van der Waals surface area contributed by atoms with Gasteiger partial charge in [-0.05, 0) is 89.6 Å². The van der Waals surface area contributed by atoms with Crippen LogP contribution in [0.2, 0.25) is 18.1 Å². The summed E-state index contributed by atoms with van der Waals surface area (Å²) in [5.74, 6) is 1.20. The van der Waals surface area contributed by atoms with Crippen molar-refractivity contribution in [1.82, 2.24) is 9.80 Å². The van der Waals surface area contributed by atoms with Crippen molar-refractivity contribution < 1.29 is 42.5 Å². The van der Waals surface area contributed by atoms with E-state index in [0.29, 0.717) is 86.4 Å². The molecule has 0 bridgehead atoms. The van der Waals surface area contributed by atoms with E-state index in [1.54, 1.807) is 54.8 Å². The van der Waals surface area contributed by atoms with Crippen LogP contribution in [0.25, 0.3) is 0 Å². The summed E-state index contributed by atoms with van der Waals surface area (Å²) in [6.45, 7) is 28.7. The van der Waals surface area contributed by atoms with Crippen LogP contribution >= 0.6 is 0 Å². The summed E-state index contributed by atoms with van der Waals surface area (Å²) in [4.78, 5) is 44.3. The molecule has 2 heterocycles. The Labute approximate surface area is 352 Å². The molecule has 13 nitrogen and oxygen atoms in total. The minimum absolute atomic E-state index is 0.0183. The monoisotopic (exact) mass is 836 g/mol. The summed E-state index contributed by atoms with van der Waals surface area (Å²) in [5.41, 5.74) is 8.90. The van der Waals surface area contributed by atoms with Gasteiger partial charge in [0.15, 0.2) is 31.3 Å². The van der Waals surface area contributed by atoms with E-state index < -0.39 is 20.0 Å². The molecule has 3 N–H and O–H groups in total. The van der Waals surface area contributed by atoms with Crippen molar-refractivity contribution >= 4 is 37.6 Å². The third-order valence-corrected chi connectivity index (χ3v) is 15.7. The fourth-order valence-corrected chi connectivity index (χ4v) is 7.92. The number of carbonyl (C=O) groups excluding carboxylic acids is 3. The van der Waals surface area contributed by atoms with Crippen molar-refractivity contribution in [2.45, 2.75) is 123 Å². The van der Waals surface area contributed by atoms with Crippen LogP contribution in [0.1, 0.15) is 108 Å². The van der Waals surface area contributed by atoms with E-state index >= 15 is 0 Å². The molecule has 14 heteroatoms. The van der Waals surface area contributed by atoms with E-state index in [1.807, 2.05) is 6.92 Å². The Hall–Kier alpha value is -4.69. The van der Waals surface area contributed by atoms with E-state index in [2.05, 4.69) is 52.3 Å². The molecule has 2 fully saturated rings. The summed E-state index contributed by atoms with van der Waals surface area (Å²) in [6, 6.07) is 6.41. The second kappa shape index (κ2) is 19.6. The SMILES string of the molecule is C=C1C[C@H](CO[Si](C)(C)C(C)(C)C)N(C(=O)c2cc(OC)c(OCCCCCOc3cc(NC(=O)OC(C)(C)C)c(C(=O)N4CC(=C)C[C@@H]4CC)cc3OC)cc2N)C1. The first kappa shape index (κ1) is 47.0. The van der Waals surface area contributed by atoms with Crippen LogP contribution in [0.5, 0.6) is 23.0 Å². The second-order valence-corrected chi connectivity index (χ2v) is 22.9. The Kier molecular flexibility index (Phi) is 15.6. The largest absolute Gasteiger partial charge is 0.493 e. The summed E-state index contributed by atoms with van der Waals surface area (Å²) in [6.07, 6.45) is 3.67. The number of nitrogens with two attached hydrogens (primary N) is 1. The maximum Gasteiger partial charge on any atom is 0.412 e. The standard InChI is InChI=1S/C45H68N4O9Si/c1-14-31-20-29(2)26-48(31)42(51)34-23-38(54-11)40(25-36(34)47-43(52)58-44(4,5)6)56-19-17-15-16-18-55-39-24-35(46)33(22-37(39)53-10)41(50)49-27-30(3)21-32(49)28-57-59(12,13)45(7,8)9/h22-25,31-32H,2-3,14-21,26-28,46H2,1,4-13H3,(H,47,52)/t31-,32+/m0/s1. The lowest BCUT2D eigenvalue weighted by atomic mass is 10.1. The Morgan fingerprint density at radius 3 is 1.81 bits per heavy atom. The number of benzene rings is 2. The number of hydrogen-bond donors (Lipinski definition) is 2. The molecular weight excluding hydrogens is 769 g/mol. The zero-order valence-electron chi connectivity index (χ0n) is 37.3. The van der Waals surface area contributed by atoms with Crippen molar-refractivity contribution in [1.29, 1.82) is 0 Å². The Morgan fingerprint density at radius 1 is 0.780 bits per heavy atom. The highest BCUT2D eigenvalue weighted by Crippen LogP contribution is 2.39. The Bertz CT molecular complexity index is 1870. The molecule has 0 aliphatic carbocycles. The average Bonchev–Trinajstić information content (AvgIpc) is 3.73. The van der Waals surface area contributed by atoms with Crippen molar-refractivity contribution in [3.05, 3.63) is 59.7 Å². The molecule has 2 atom stereocenters. The van der Waals surface area contributed by atoms with Gasteiger partial charge in [-0.1, -0.05) is 52.0 Å². The molecule has 326 valence electrons. The quantitative estimate of drug-likeness (QED) is 0.0683. The molecule has 0 spiro atoms. The number of anilines is 2. The average molecular weight is 837 g/mol. The number of methoxy groups -OCH3 is 2. The van der Waals surface area contributed by atoms with Crippen molar-refractivity contribution in [3.63, 3.8) is 0 Å². The molecule has 2 saturated heterocycles. The van der Waals surface area contributed by atoms with Crippen molar-refractivity contribution in [3.8, 4) is 23.0 Å². The van der Waals surface area contributed by atoms with Gasteiger partial charge in [-0.25, -0.2) is 4.79 Å². The fourth-order valence-electron chi connectivity index (χ4n) is 6.88. The molecule has 2 aliphatic heterocycles. The van der Waals surface area contributed by atoms with Gasteiger partial charge >= 0.3 is 6.09 Å². The molecule has 3 amide bonds. The lowest BCUT2D eigenvalue weighted by Gasteiger charge is -2.38. The van der Waals surface area contributed by atoms with Gasteiger partial charge in [0.1, 0.15) is 5.60 Å². The number of unbranched alkanes of at least 4 members (excludes halogenated alkanes) is 2. The smallest absolute Gasteiger partial charge is 0.412 e.